The van der Waals surface area contributed by atoms with Crippen LogP contribution in [0.4, 0.5) is 30.7 Å². The van der Waals surface area contributed by atoms with Crippen molar-refractivity contribution in [2.24, 2.45) is 0 Å². The standard InChI is InChI=1S/C28H27N3O5.C23H18F3N3O.C23H19F2N3O.C22H18ClF2N3O.2ClH/c1-3-34-27(32)15-5-7-22-18(11-15)20-13-21-19-12-16(28(33)35-4-2)6-8-23(19)31-25(21)26(24(20)30-22)36-17-9-10-29-14-17;24-11-1-3-19-15(6-11)17-8-18-16-7-12(25)2-4-20(16)29-22(18)23(21(17)28-19)30-10-14-5-13(26)9-27-14;24-12-3-5-19-15(8-12)17-10-18-16-9-13(25)4-6-20(16)28-22(18)23(21(17)27-19)29-11-14-2-1-7-26-14;1-28(2)7-8-29-22-20-17(13-9-11(24)3-5-15(13)26-20)19(23)18-14-10-12(25)4-6-16(14)27-21(18)22;;/h5-8,11-13,17,29-31H,3-4,9-10,14H2,1-2H3;1-4,6-8,13-14,27-29H,5,9-10H2;3-6,8-10,14,26-28H,1-2,7,11H2;3-6,9-10,26-27H,7-8H2,1-2H3;2*1H/t17-;13-,14-;;;;/m10..../s1. The molecule has 0 radical (unpaired) electrons. The number of H-pyrrole nitrogens is 8. The molecule has 0 amide bonds. The lowest BCUT2D eigenvalue weighted by atomic mass is 10.0. The summed E-state index contributed by atoms with van der Waals surface area (Å²) in [6.45, 7) is 9.24. The Morgan fingerprint density at radius 3 is 1.10 bits per heavy atom. The summed E-state index contributed by atoms with van der Waals surface area (Å²) in [6.07, 6.45) is 2.70. The Balaban J connectivity index is 0.000000114. The lowest BCUT2D eigenvalue weighted by Crippen LogP contribution is -2.28. The van der Waals surface area contributed by atoms with E-state index in [-0.39, 0.29) is 83.8 Å². The third-order valence-electron chi connectivity index (χ3n) is 23.8. The van der Waals surface area contributed by atoms with Crippen molar-refractivity contribution >= 4 is 223 Å². The molecule has 126 heavy (non-hydrogen) atoms. The molecule has 12 aromatic carbocycles. The smallest absolute Gasteiger partial charge is 0.338 e. The van der Waals surface area contributed by atoms with Gasteiger partial charge in [0, 0.05) is 162 Å². The van der Waals surface area contributed by atoms with E-state index < -0.39 is 6.17 Å². The highest BCUT2D eigenvalue weighted by Crippen LogP contribution is 2.49. The molecule has 0 aliphatic carbocycles. The number of aromatic nitrogens is 8. The van der Waals surface area contributed by atoms with Crippen molar-refractivity contribution in [2.75, 3.05) is 79.9 Å². The SMILES string of the molecule is CCOC(=O)c1ccc2[nH]c3c(O[C@@H]4CCNC4)c4[nH]c5ccc(C(=O)OCC)cc5c4cc3c2c1.CN(C)CCOc1c2[nH]c3ccc(F)cc3c2c(Cl)c2c1[nH]c1ccc(F)cc12.Cl.Cl.Fc1ccc2[nH]c3c(OCC4CCCN4)c4[nH]c5ccc(F)cc5c4cc3c2c1.Fc1ccc2[nH]c3c(OC[C@@H]4C[C@H](F)CN4)c4[nH]c5ccc(F)cc5c4cc3c2c1. The van der Waals surface area contributed by atoms with E-state index in [1.165, 1.54) is 72.8 Å². The highest BCUT2D eigenvalue weighted by molar-refractivity contribution is 6.46. The van der Waals surface area contributed by atoms with E-state index in [2.05, 4.69) is 61.9 Å². The number of fused-ring (bicyclic) bond motifs is 24. The first kappa shape index (κ1) is 84.3. The largest absolute Gasteiger partial charge is 0.488 e. The fraction of sp³-hybridized carbons (Fsp3) is 0.229. The van der Waals surface area contributed by atoms with Gasteiger partial charge in [-0.3, -0.25) is 0 Å². The van der Waals surface area contributed by atoms with Gasteiger partial charge in [-0.1, -0.05) is 11.6 Å². The van der Waals surface area contributed by atoms with Crippen molar-refractivity contribution in [3.05, 3.63) is 215 Å². The number of ether oxygens (including phenoxy) is 6. The Kier molecular flexibility index (Phi) is 23.0. The van der Waals surface area contributed by atoms with E-state index >= 15 is 0 Å². The first-order valence-electron chi connectivity index (χ1n) is 41.4. The number of likely N-dealkylation sites (N-methyl/N-ethyl adjacent to an activating group) is 1. The summed E-state index contributed by atoms with van der Waals surface area (Å²) >= 11 is 6.83. The van der Waals surface area contributed by atoms with Crippen LogP contribution in [-0.4, -0.2) is 161 Å². The molecule has 8 aromatic heterocycles. The molecule has 0 spiro atoms. The topological polar surface area (TPSA) is 255 Å². The van der Waals surface area contributed by atoms with Gasteiger partial charge < -0.3 is 89.1 Å². The molecule has 4 atom stereocenters. The third-order valence-corrected chi connectivity index (χ3v) is 24.2. The van der Waals surface area contributed by atoms with Gasteiger partial charge in [-0.15, -0.1) is 24.8 Å². The van der Waals surface area contributed by atoms with Crippen LogP contribution in [0.1, 0.15) is 60.2 Å². The van der Waals surface area contributed by atoms with Crippen LogP contribution >= 0.6 is 36.4 Å². The van der Waals surface area contributed by atoms with Gasteiger partial charge in [0.05, 0.1) is 73.5 Å². The maximum absolute atomic E-state index is 14.0. The molecular formula is C96H84Cl3F7N12O8. The number of esters is 2. The van der Waals surface area contributed by atoms with Crippen LogP contribution in [0.5, 0.6) is 23.0 Å². The first-order chi connectivity index (χ1) is 60.2. The number of hydrogen-bond acceptors (Lipinski definition) is 12. The molecule has 0 bridgehead atoms. The van der Waals surface area contributed by atoms with Crippen molar-refractivity contribution < 1.29 is 68.7 Å². The summed E-state index contributed by atoms with van der Waals surface area (Å²) in [6, 6.07) is 44.9. The minimum absolute atomic E-state index is 0. The summed E-state index contributed by atoms with van der Waals surface area (Å²) in [7, 11) is 3.93. The quantitative estimate of drug-likeness (QED) is 0.0319. The van der Waals surface area contributed by atoms with Crippen LogP contribution in [0.3, 0.4) is 0 Å². The first-order valence-corrected chi connectivity index (χ1v) is 41.7. The molecule has 11 N–H and O–H groups in total. The number of carbonyl (C=O) groups is 2. The van der Waals surface area contributed by atoms with Crippen LogP contribution in [0.2, 0.25) is 5.02 Å². The molecule has 20 nitrogen and oxygen atoms in total. The van der Waals surface area contributed by atoms with Crippen molar-refractivity contribution in [1.82, 2.24) is 60.7 Å². The molecule has 11 heterocycles. The molecule has 0 saturated carbocycles. The molecule has 23 rings (SSSR count). The van der Waals surface area contributed by atoms with Gasteiger partial charge in [-0.05, 0) is 231 Å². The maximum Gasteiger partial charge on any atom is 0.338 e. The zero-order chi connectivity index (χ0) is 85.0. The van der Waals surface area contributed by atoms with Crippen LogP contribution in [0.25, 0.3) is 174 Å². The van der Waals surface area contributed by atoms with Crippen LogP contribution in [0.15, 0.2) is 164 Å². The maximum atomic E-state index is 14.0. The summed E-state index contributed by atoms with van der Waals surface area (Å²) in [5.41, 5.74) is 13.7. The lowest BCUT2D eigenvalue weighted by Gasteiger charge is -2.14. The minimum atomic E-state index is -0.874. The number of nitrogens with zero attached hydrogens (tertiary/aromatic N) is 1. The fourth-order valence-electron chi connectivity index (χ4n) is 17.9. The average Bonchev–Trinajstić information content (AvgIpc) is 1.55. The third kappa shape index (κ3) is 15.5. The molecule has 30 heteroatoms. The van der Waals surface area contributed by atoms with Crippen molar-refractivity contribution in [2.45, 2.75) is 63.9 Å². The Bertz CT molecular complexity index is 7300. The second-order valence-electron chi connectivity index (χ2n) is 32.1. The number of halogens is 10. The monoisotopic (exact) mass is 1770 g/mol. The highest BCUT2D eigenvalue weighted by atomic mass is 35.5. The van der Waals surface area contributed by atoms with Crippen LogP contribution < -0.4 is 34.9 Å². The van der Waals surface area contributed by atoms with Gasteiger partial charge >= 0.3 is 11.9 Å². The predicted octanol–water partition coefficient (Wildman–Crippen LogP) is 22.4. The number of rotatable bonds is 16. The highest BCUT2D eigenvalue weighted by Gasteiger charge is 2.30. The summed E-state index contributed by atoms with van der Waals surface area (Å²) in [5, 5.41) is 23.0. The number of hydrogen-bond donors (Lipinski definition) is 11. The molecule has 3 aliphatic rings. The average molecular weight is 1770 g/mol. The molecule has 20 aromatic rings. The summed E-state index contributed by atoms with van der Waals surface area (Å²) < 4.78 is 133. The van der Waals surface area contributed by atoms with E-state index in [4.69, 9.17) is 40.0 Å². The van der Waals surface area contributed by atoms with Gasteiger partial charge in [0.15, 0.2) is 23.0 Å². The second-order valence-corrected chi connectivity index (χ2v) is 32.5. The lowest BCUT2D eigenvalue weighted by molar-refractivity contribution is 0.0517. The van der Waals surface area contributed by atoms with Crippen molar-refractivity contribution in [1.29, 1.82) is 0 Å². The van der Waals surface area contributed by atoms with Crippen molar-refractivity contribution in [3.8, 4) is 23.0 Å². The van der Waals surface area contributed by atoms with Crippen LogP contribution in [0, 0.1) is 34.9 Å². The van der Waals surface area contributed by atoms with Gasteiger partial charge in [-0.2, -0.15) is 0 Å². The van der Waals surface area contributed by atoms with Crippen molar-refractivity contribution in [3.63, 3.8) is 0 Å². The molecule has 646 valence electrons. The van der Waals surface area contributed by atoms with E-state index in [1.54, 1.807) is 62.4 Å². The molecule has 3 aliphatic heterocycles. The molecule has 3 saturated heterocycles. The number of alkyl halides is 1. The fourth-order valence-corrected chi connectivity index (χ4v) is 18.3. The predicted molar refractivity (Wildman–Crippen MR) is 491 cm³/mol. The summed E-state index contributed by atoms with van der Waals surface area (Å²) in [5.74, 6) is -0.0664. The van der Waals surface area contributed by atoms with Crippen LogP contribution in [-0.2, 0) is 9.47 Å². The Labute approximate surface area is 729 Å². The normalized spacial score (nSPS) is 15.9. The molecule has 3 fully saturated rings. The number of nitrogens with one attached hydrogen (secondary N) is 11. The van der Waals surface area contributed by atoms with Gasteiger partial charge in [0.1, 0.15) is 67.0 Å². The molecule has 1 unspecified atom stereocenters. The number of aromatic amines is 8. The minimum Gasteiger partial charge on any atom is -0.488 e. The van der Waals surface area contributed by atoms with E-state index in [0.717, 1.165) is 193 Å². The Morgan fingerprint density at radius 1 is 0.397 bits per heavy atom. The second kappa shape index (κ2) is 34.4. The summed E-state index contributed by atoms with van der Waals surface area (Å²) in [4.78, 5) is 54.0. The Morgan fingerprint density at radius 2 is 0.746 bits per heavy atom. The number of benzene rings is 12. The van der Waals surface area contributed by atoms with E-state index in [1.807, 2.05) is 55.4 Å². The Hall–Kier alpha value is -12.6. The number of carbonyl (C=O) groups excluding carboxylic acids is 2. The molecular weight excluding hydrogens is 1690 g/mol. The zero-order valence-corrected chi connectivity index (χ0v) is 70.7. The van der Waals surface area contributed by atoms with Gasteiger partial charge in [0.25, 0.3) is 0 Å². The van der Waals surface area contributed by atoms with Gasteiger partial charge in [-0.25, -0.2) is 40.3 Å². The van der Waals surface area contributed by atoms with E-state index in [0.29, 0.717) is 118 Å². The zero-order valence-electron chi connectivity index (χ0n) is 68.4. The van der Waals surface area contributed by atoms with E-state index in [9.17, 15) is 40.3 Å². The van der Waals surface area contributed by atoms with Gasteiger partial charge in [0.2, 0.25) is 0 Å².